The van der Waals surface area contributed by atoms with Crippen molar-refractivity contribution in [1.29, 1.82) is 0 Å². The van der Waals surface area contributed by atoms with Gasteiger partial charge in [0.25, 0.3) is 5.91 Å². The highest BCUT2D eigenvalue weighted by atomic mass is 16.5. The zero-order valence-electron chi connectivity index (χ0n) is 14.9. The lowest BCUT2D eigenvalue weighted by molar-refractivity contribution is 0.0949. The lowest BCUT2D eigenvalue weighted by Crippen LogP contribution is -2.22. The Hall–Kier alpha value is -3.28. The first-order valence-corrected chi connectivity index (χ1v) is 8.13. The van der Waals surface area contributed by atoms with Crippen LogP contribution in [0.1, 0.15) is 21.6 Å². The molecule has 1 N–H and O–H groups in total. The van der Waals surface area contributed by atoms with Gasteiger partial charge in [0.05, 0.1) is 20.8 Å². The van der Waals surface area contributed by atoms with Crippen LogP contribution in [-0.4, -0.2) is 25.3 Å². The number of methoxy groups -OCH3 is 2. The zero-order chi connectivity index (χ0) is 18.5. The zero-order valence-corrected chi connectivity index (χ0v) is 14.9. The van der Waals surface area contributed by atoms with Crippen molar-refractivity contribution in [3.05, 3.63) is 65.4 Å². The molecule has 3 rings (SSSR count). The lowest BCUT2D eigenvalue weighted by Gasteiger charge is -2.09. The largest absolute Gasteiger partial charge is 0.493 e. The first-order chi connectivity index (χ1) is 12.6. The lowest BCUT2D eigenvalue weighted by atomic mass is 10.1. The summed E-state index contributed by atoms with van der Waals surface area (Å²) in [7, 11) is 3.08. The number of benzene rings is 2. The van der Waals surface area contributed by atoms with E-state index in [1.807, 2.05) is 37.3 Å². The van der Waals surface area contributed by atoms with Gasteiger partial charge in [0.15, 0.2) is 17.3 Å². The number of nitrogens with zero attached hydrogens (tertiary/aromatic N) is 1. The molecule has 0 atom stereocenters. The summed E-state index contributed by atoms with van der Waals surface area (Å²) >= 11 is 0. The van der Waals surface area contributed by atoms with Crippen molar-refractivity contribution in [3.63, 3.8) is 0 Å². The van der Waals surface area contributed by atoms with Gasteiger partial charge in [0.2, 0.25) is 0 Å². The van der Waals surface area contributed by atoms with Gasteiger partial charge in [-0.3, -0.25) is 4.79 Å². The molecule has 0 bridgehead atoms. The maximum atomic E-state index is 12.3. The molecule has 0 aliphatic carbocycles. The maximum absolute atomic E-state index is 12.3. The highest BCUT2D eigenvalue weighted by Gasteiger charge is 2.12. The number of hydrogen-bond acceptors (Lipinski definition) is 5. The first-order valence-electron chi connectivity index (χ1n) is 8.13. The first kappa shape index (κ1) is 17.5. The van der Waals surface area contributed by atoms with Crippen LogP contribution in [0.25, 0.3) is 11.3 Å². The molecule has 1 aromatic heterocycles. The number of aryl methyl sites for hydroxylation is 1. The van der Waals surface area contributed by atoms with Gasteiger partial charge in [-0.15, -0.1) is 0 Å². The summed E-state index contributed by atoms with van der Waals surface area (Å²) in [6, 6.07) is 14.8. The van der Waals surface area contributed by atoms with Gasteiger partial charge >= 0.3 is 0 Å². The molecule has 2 aromatic carbocycles. The normalized spacial score (nSPS) is 10.4. The Morgan fingerprint density at radius 3 is 2.46 bits per heavy atom. The number of carbonyl (C=O) groups excluding carboxylic acids is 1. The second-order valence-electron chi connectivity index (χ2n) is 5.80. The fourth-order valence-electron chi connectivity index (χ4n) is 2.50. The van der Waals surface area contributed by atoms with Gasteiger partial charge in [-0.2, -0.15) is 0 Å². The van der Waals surface area contributed by atoms with Crippen molar-refractivity contribution in [2.24, 2.45) is 0 Å². The van der Waals surface area contributed by atoms with E-state index in [-0.39, 0.29) is 12.5 Å². The van der Waals surface area contributed by atoms with Crippen LogP contribution < -0.4 is 14.8 Å². The number of aromatic nitrogens is 1. The van der Waals surface area contributed by atoms with Crippen molar-refractivity contribution < 1.29 is 18.8 Å². The number of amides is 1. The summed E-state index contributed by atoms with van der Waals surface area (Å²) < 4.78 is 15.7. The monoisotopic (exact) mass is 352 g/mol. The van der Waals surface area contributed by atoms with Gasteiger partial charge in [-0.25, -0.2) is 0 Å². The van der Waals surface area contributed by atoms with Gasteiger partial charge in [0, 0.05) is 17.2 Å². The molecular weight excluding hydrogens is 332 g/mol. The molecule has 0 aliphatic rings. The third kappa shape index (κ3) is 3.85. The SMILES string of the molecule is COc1ccc(C(=O)NCc2cc(-c3ccc(C)cc3)on2)cc1OC. The van der Waals surface area contributed by atoms with Gasteiger partial charge < -0.3 is 19.3 Å². The van der Waals surface area contributed by atoms with Crippen molar-refractivity contribution in [3.8, 4) is 22.8 Å². The van der Waals surface area contributed by atoms with E-state index >= 15 is 0 Å². The number of nitrogens with one attached hydrogen (secondary N) is 1. The fraction of sp³-hybridized carbons (Fsp3) is 0.200. The molecule has 0 radical (unpaired) electrons. The Morgan fingerprint density at radius 1 is 1.04 bits per heavy atom. The smallest absolute Gasteiger partial charge is 0.251 e. The molecule has 0 spiro atoms. The molecule has 1 heterocycles. The number of hydrogen-bond donors (Lipinski definition) is 1. The van der Waals surface area contributed by atoms with Crippen molar-refractivity contribution in [2.75, 3.05) is 14.2 Å². The van der Waals surface area contributed by atoms with E-state index in [2.05, 4.69) is 10.5 Å². The van der Waals surface area contributed by atoms with Gasteiger partial charge in [0.1, 0.15) is 5.69 Å². The Morgan fingerprint density at radius 2 is 1.77 bits per heavy atom. The molecule has 134 valence electrons. The summed E-state index contributed by atoms with van der Waals surface area (Å²) in [5, 5.41) is 6.83. The van der Waals surface area contributed by atoms with E-state index in [1.54, 1.807) is 25.3 Å². The predicted octanol–water partition coefficient (Wildman–Crippen LogP) is 3.60. The van der Waals surface area contributed by atoms with E-state index in [0.717, 1.165) is 5.56 Å². The molecule has 0 unspecified atom stereocenters. The molecule has 3 aromatic rings. The molecule has 6 heteroatoms. The number of carbonyl (C=O) groups is 1. The predicted molar refractivity (Wildman–Crippen MR) is 97.4 cm³/mol. The highest BCUT2D eigenvalue weighted by molar-refractivity contribution is 5.94. The van der Waals surface area contributed by atoms with Crippen LogP contribution >= 0.6 is 0 Å². The molecule has 1 amide bonds. The molecule has 0 saturated heterocycles. The number of ether oxygens (including phenoxy) is 2. The minimum atomic E-state index is -0.231. The minimum Gasteiger partial charge on any atom is -0.493 e. The summed E-state index contributed by atoms with van der Waals surface area (Å²) in [5.41, 5.74) is 3.25. The summed E-state index contributed by atoms with van der Waals surface area (Å²) in [6.45, 7) is 2.29. The van der Waals surface area contributed by atoms with E-state index < -0.39 is 0 Å². The average Bonchev–Trinajstić information content (AvgIpc) is 3.15. The van der Waals surface area contributed by atoms with Crippen molar-refractivity contribution >= 4 is 5.91 Å². The molecule has 0 fully saturated rings. The van der Waals surface area contributed by atoms with Crippen LogP contribution in [0.5, 0.6) is 11.5 Å². The van der Waals surface area contributed by atoms with E-state index in [1.165, 1.54) is 12.7 Å². The highest BCUT2D eigenvalue weighted by Crippen LogP contribution is 2.27. The van der Waals surface area contributed by atoms with Crippen LogP contribution in [0.2, 0.25) is 0 Å². The van der Waals surface area contributed by atoms with Crippen LogP contribution in [-0.2, 0) is 6.54 Å². The molecule has 26 heavy (non-hydrogen) atoms. The Bertz CT molecular complexity index is 900. The van der Waals surface area contributed by atoms with Crippen LogP contribution in [0.3, 0.4) is 0 Å². The maximum Gasteiger partial charge on any atom is 0.251 e. The molecule has 0 saturated carbocycles. The molecular formula is C20H20N2O4. The summed E-state index contributed by atoms with van der Waals surface area (Å²) in [4.78, 5) is 12.3. The quantitative estimate of drug-likeness (QED) is 0.734. The van der Waals surface area contributed by atoms with Crippen LogP contribution in [0.4, 0.5) is 0 Å². The number of rotatable bonds is 6. The minimum absolute atomic E-state index is 0.231. The second-order valence-corrected chi connectivity index (χ2v) is 5.80. The Labute approximate surface area is 151 Å². The second kappa shape index (κ2) is 7.74. The van der Waals surface area contributed by atoms with Crippen LogP contribution in [0.15, 0.2) is 53.1 Å². The van der Waals surface area contributed by atoms with Crippen LogP contribution in [0, 0.1) is 6.92 Å². The molecule has 6 nitrogen and oxygen atoms in total. The Balaban J connectivity index is 1.66. The van der Waals surface area contributed by atoms with E-state index in [4.69, 9.17) is 14.0 Å². The average molecular weight is 352 g/mol. The third-order valence-corrected chi connectivity index (χ3v) is 3.97. The summed E-state index contributed by atoms with van der Waals surface area (Å²) in [6.07, 6.45) is 0. The summed E-state index contributed by atoms with van der Waals surface area (Å²) in [5.74, 6) is 1.51. The fourth-order valence-corrected chi connectivity index (χ4v) is 2.50. The van der Waals surface area contributed by atoms with E-state index in [0.29, 0.717) is 28.5 Å². The van der Waals surface area contributed by atoms with Gasteiger partial charge in [-0.1, -0.05) is 35.0 Å². The third-order valence-electron chi connectivity index (χ3n) is 3.97. The molecule has 0 aliphatic heterocycles. The van der Waals surface area contributed by atoms with Crippen molar-refractivity contribution in [1.82, 2.24) is 10.5 Å². The standard InChI is InChI=1S/C20H20N2O4/c1-13-4-6-14(7-5-13)18-11-16(22-26-18)12-21-20(23)15-8-9-17(24-2)19(10-15)25-3/h4-11H,12H2,1-3H3,(H,21,23). The van der Waals surface area contributed by atoms with Gasteiger partial charge in [-0.05, 0) is 25.1 Å². The van der Waals surface area contributed by atoms with E-state index in [9.17, 15) is 4.79 Å². The topological polar surface area (TPSA) is 73.6 Å². The van der Waals surface area contributed by atoms with Crippen molar-refractivity contribution in [2.45, 2.75) is 13.5 Å². The Kier molecular flexibility index (Phi) is 5.22.